The lowest BCUT2D eigenvalue weighted by Gasteiger charge is -2.25. The second-order valence-electron chi connectivity index (χ2n) is 11.0. The summed E-state index contributed by atoms with van der Waals surface area (Å²) in [5, 5.41) is 9.85. The average Bonchev–Trinajstić information content (AvgIpc) is 3.70. The van der Waals surface area contributed by atoms with E-state index in [1.165, 1.54) is 11.6 Å². The van der Waals surface area contributed by atoms with Crippen molar-refractivity contribution in [1.29, 1.82) is 0 Å². The van der Waals surface area contributed by atoms with Gasteiger partial charge in [0.2, 0.25) is 0 Å². The number of aryl methyl sites for hydroxylation is 1. The van der Waals surface area contributed by atoms with Gasteiger partial charge in [-0.05, 0) is 85.5 Å². The Balaban J connectivity index is 1.50. The summed E-state index contributed by atoms with van der Waals surface area (Å²) >= 11 is 0. The van der Waals surface area contributed by atoms with Crippen molar-refractivity contribution >= 4 is 11.6 Å². The Labute approximate surface area is 243 Å². The van der Waals surface area contributed by atoms with E-state index in [4.69, 9.17) is 0 Å². The molecule has 1 saturated carbocycles. The van der Waals surface area contributed by atoms with E-state index >= 15 is 4.39 Å². The zero-order chi connectivity index (χ0) is 30.0. The predicted octanol–water partition coefficient (Wildman–Crippen LogP) is 7.96. The van der Waals surface area contributed by atoms with Crippen LogP contribution in [0.5, 0.6) is 0 Å². The van der Waals surface area contributed by atoms with Crippen LogP contribution in [-0.4, -0.2) is 22.2 Å². The number of allylic oxidation sites excluding steroid dienone is 4. The normalized spacial score (nSPS) is 17.8. The molecule has 0 aliphatic heterocycles. The monoisotopic (exact) mass is 578 g/mol. The Hall–Kier alpha value is -3.98. The molecule has 2 unspecified atom stereocenters. The standard InChI is InChI=1S/C33H34F4N4O/c1-4-22-9-7-10-25(16-22)41-29(18-30(40-41)33(35,36)37)32(42)39-28-17-24(14-15-27(28)34)31(38-19-23-12-13-23)26-11-6-5-8-20(2)21(26)3/h5-11,14-18,20,23,31,38H,4,12-13,19H2,1-3H3,(H,39,42). The highest BCUT2D eigenvalue weighted by Crippen LogP contribution is 2.35. The van der Waals surface area contributed by atoms with Gasteiger partial charge in [-0.15, -0.1) is 0 Å². The molecule has 0 spiro atoms. The van der Waals surface area contributed by atoms with E-state index in [1.54, 1.807) is 30.3 Å². The molecule has 1 amide bonds. The molecule has 1 aromatic heterocycles. The van der Waals surface area contributed by atoms with Gasteiger partial charge in [-0.25, -0.2) is 9.07 Å². The maximum absolute atomic E-state index is 15.1. The molecule has 5 rings (SSSR count). The second-order valence-corrected chi connectivity index (χ2v) is 11.0. The number of hydrogen-bond acceptors (Lipinski definition) is 3. The van der Waals surface area contributed by atoms with E-state index in [0.717, 1.165) is 40.8 Å². The third kappa shape index (κ3) is 6.57. The number of hydrogen-bond donors (Lipinski definition) is 2. The summed E-state index contributed by atoms with van der Waals surface area (Å²) in [6, 6.07) is 11.7. The predicted molar refractivity (Wildman–Crippen MR) is 156 cm³/mol. The fourth-order valence-electron chi connectivity index (χ4n) is 5.06. The van der Waals surface area contributed by atoms with Crippen molar-refractivity contribution in [3.05, 3.63) is 112 Å². The SMILES string of the molecule is CCc1cccc(-n2nc(C(F)(F)F)cc2C(=O)Nc2cc(C(NCC3CC3)C3=C(C)C(C)C=CC=C3)ccc2F)c1. The second kappa shape index (κ2) is 12.1. The highest BCUT2D eigenvalue weighted by Gasteiger charge is 2.36. The van der Waals surface area contributed by atoms with Crippen LogP contribution in [0.3, 0.4) is 0 Å². The first kappa shape index (κ1) is 29.5. The first-order chi connectivity index (χ1) is 20.0. The maximum Gasteiger partial charge on any atom is 0.435 e. The largest absolute Gasteiger partial charge is 0.435 e. The fourth-order valence-corrected chi connectivity index (χ4v) is 5.06. The van der Waals surface area contributed by atoms with E-state index in [9.17, 15) is 18.0 Å². The third-order valence-corrected chi connectivity index (χ3v) is 7.91. The van der Waals surface area contributed by atoms with Crippen LogP contribution < -0.4 is 10.6 Å². The molecule has 5 nitrogen and oxygen atoms in total. The Morgan fingerprint density at radius 2 is 1.90 bits per heavy atom. The highest BCUT2D eigenvalue weighted by atomic mass is 19.4. The number of carbonyl (C=O) groups excluding carboxylic acids is 1. The van der Waals surface area contributed by atoms with Crippen LogP contribution >= 0.6 is 0 Å². The van der Waals surface area contributed by atoms with Gasteiger partial charge in [-0.3, -0.25) is 4.79 Å². The lowest BCUT2D eigenvalue weighted by molar-refractivity contribution is -0.141. The zero-order valence-electron chi connectivity index (χ0n) is 23.8. The Kier molecular flexibility index (Phi) is 8.50. The van der Waals surface area contributed by atoms with Crippen molar-refractivity contribution in [1.82, 2.24) is 15.1 Å². The molecule has 2 aliphatic carbocycles. The van der Waals surface area contributed by atoms with Crippen molar-refractivity contribution in [3.8, 4) is 5.69 Å². The number of halogens is 4. The van der Waals surface area contributed by atoms with Gasteiger partial charge in [0.15, 0.2) is 5.69 Å². The van der Waals surface area contributed by atoms with E-state index in [0.29, 0.717) is 24.1 Å². The molecule has 2 aliphatic rings. The average molecular weight is 579 g/mol. The number of nitrogens with one attached hydrogen (secondary N) is 2. The van der Waals surface area contributed by atoms with Crippen LogP contribution in [0.1, 0.15) is 67.0 Å². The van der Waals surface area contributed by atoms with Crippen LogP contribution in [0.4, 0.5) is 23.2 Å². The van der Waals surface area contributed by atoms with Crippen molar-refractivity contribution in [2.45, 2.75) is 52.3 Å². The third-order valence-electron chi connectivity index (χ3n) is 7.91. The smallest absolute Gasteiger partial charge is 0.318 e. The Morgan fingerprint density at radius 3 is 2.62 bits per heavy atom. The maximum atomic E-state index is 15.1. The number of nitrogens with zero attached hydrogens (tertiary/aromatic N) is 2. The topological polar surface area (TPSA) is 59.0 Å². The minimum Gasteiger partial charge on any atom is -0.318 e. The lowest BCUT2D eigenvalue weighted by Crippen LogP contribution is -2.26. The zero-order valence-corrected chi connectivity index (χ0v) is 23.8. The number of anilines is 1. The summed E-state index contributed by atoms with van der Waals surface area (Å²) < 4.78 is 57.0. The minimum atomic E-state index is -4.77. The number of alkyl halides is 3. The van der Waals surface area contributed by atoms with Gasteiger partial charge in [-0.2, -0.15) is 18.3 Å². The van der Waals surface area contributed by atoms with Gasteiger partial charge in [0.25, 0.3) is 5.91 Å². The van der Waals surface area contributed by atoms with Crippen LogP contribution in [0.15, 0.2) is 84.0 Å². The lowest BCUT2D eigenvalue weighted by atomic mass is 9.89. The van der Waals surface area contributed by atoms with Crippen molar-refractivity contribution in [2.24, 2.45) is 11.8 Å². The summed E-state index contributed by atoms with van der Waals surface area (Å²) in [5.74, 6) is -0.803. The molecule has 2 atom stereocenters. The molecule has 1 heterocycles. The quantitative estimate of drug-likeness (QED) is 0.253. The first-order valence-electron chi connectivity index (χ1n) is 14.2. The van der Waals surface area contributed by atoms with E-state index in [2.05, 4.69) is 35.7 Å². The van der Waals surface area contributed by atoms with Gasteiger partial charge in [0.1, 0.15) is 11.5 Å². The number of benzene rings is 2. The molecular formula is C33H34F4N4O. The van der Waals surface area contributed by atoms with Gasteiger partial charge < -0.3 is 10.6 Å². The molecule has 3 aromatic rings. The van der Waals surface area contributed by atoms with Gasteiger partial charge in [-0.1, -0.05) is 61.9 Å². The molecule has 42 heavy (non-hydrogen) atoms. The van der Waals surface area contributed by atoms with E-state index in [-0.39, 0.29) is 23.3 Å². The van der Waals surface area contributed by atoms with Gasteiger partial charge in [0, 0.05) is 6.07 Å². The molecule has 2 N–H and O–H groups in total. The summed E-state index contributed by atoms with van der Waals surface area (Å²) in [7, 11) is 0. The van der Waals surface area contributed by atoms with Crippen LogP contribution in [0, 0.1) is 17.7 Å². The first-order valence-corrected chi connectivity index (χ1v) is 14.2. The Morgan fingerprint density at radius 1 is 1.12 bits per heavy atom. The molecule has 0 saturated heterocycles. The van der Waals surface area contributed by atoms with E-state index < -0.39 is 23.6 Å². The van der Waals surface area contributed by atoms with Crippen molar-refractivity contribution < 1.29 is 22.4 Å². The fraction of sp³-hybridized carbons (Fsp3) is 0.333. The number of carbonyl (C=O) groups is 1. The summed E-state index contributed by atoms with van der Waals surface area (Å²) in [6.45, 7) is 6.90. The van der Waals surface area contributed by atoms with Crippen LogP contribution in [0.25, 0.3) is 5.69 Å². The molecular weight excluding hydrogens is 544 g/mol. The number of amides is 1. The molecule has 220 valence electrons. The number of rotatable bonds is 9. The number of aromatic nitrogens is 2. The molecule has 0 bridgehead atoms. The minimum absolute atomic E-state index is 0.124. The van der Waals surface area contributed by atoms with Crippen LogP contribution in [0.2, 0.25) is 0 Å². The summed E-state index contributed by atoms with van der Waals surface area (Å²) in [6.07, 6.45) is 6.34. The van der Waals surface area contributed by atoms with Crippen molar-refractivity contribution in [3.63, 3.8) is 0 Å². The molecule has 9 heteroatoms. The van der Waals surface area contributed by atoms with Gasteiger partial charge in [0.05, 0.1) is 17.4 Å². The highest BCUT2D eigenvalue weighted by molar-refractivity contribution is 6.03. The summed E-state index contributed by atoms with van der Waals surface area (Å²) in [5.41, 5.74) is 2.45. The molecule has 2 aromatic carbocycles. The Bertz CT molecular complexity index is 1560. The summed E-state index contributed by atoms with van der Waals surface area (Å²) in [4.78, 5) is 13.5. The van der Waals surface area contributed by atoms with E-state index in [1.807, 2.05) is 31.2 Å². The molecule has 1 fully saturated rings. The van der Waals surface area contributed by atoms with Crippen LogP contribution in [-0.2, 0) is 12.6 Å². The van der Waals surface area contributed by atoms with Crippen molar-refractivity contribution in [2.75, 3.05) is 11.9 Å². The molecule has 0 radical (unpaired) electrons. The van der Waals surface area contributed by atoms with Gasteiger partial charge >= 0.3 is 6.18 Å².